The summed E-state index contributed by atoms with van der Waals surface area (Å²) in [5, 5.41) is 16.3. The molecule has 0 bridgehead atoms. The highest BCUT2D eigenvalue weighted by Gasteiger charge is 2.29. The summed E-state index contributed by atoms with van der Waals surface area (Å²) in [6.45, 7) is 3.85. The summed E-state index contributed by atoms with van der Waals surface area (Å²) in [5.41, 5.74) is 5.74. The first kappa shape index (κ1) is 24.8. The second-order valence-corrected chi connectivity index (χ2v) is 10.6. The molecule has 7 heteroatoms. The minimum Gasteiger partial charge on any atom is -0.481 e. The zero-order valence-electron chi connectivity index (χ0n) is 21.1. The van der Waals surface area contributed by atoms with Crippen LogP contribution in [0.2, 0.25) is 0 Å². The van der Waals surface area contributed by atoms with Crippen LogP contribution in [-0.4, -0.2) is 59.6 Å². The van der Waals surface area contributed by atoms with Crippen molar-refractivity contribution in [1.82, 2.24) is 15.2 Å². The number of hydrogen-bond acceptors (Lipinski definition) is 5. The zero-order valence-corrected chi connectivity index (χ0v) is 21.1. The Morgan fingerprint density at radius 1 is 1.11 bits per heavy atom. The molecule has 5 rings (SSSR count). The van der Waals surface area contributed by atoms with E-state index in [2.05, 4.69) is 33.7 Å². The number of carbonyl (C=O) groups is 2. The van der Waals surface area contributed by atoms with Gasteiger partial charge in [0.15, 0.2) is 0 Å². The number of carbonyl (C=O) groups excluding carboxylic acids is 1. The van der Waals surface area contributed by atoms with Gasteiger partial charge in [-0.05, 0) is 99.2 Å². The molecule has 1 aromatic heterocycles. The van der Waals surface area contributed by atoms with Crippen LogP contribution in [0.25, 0.3) is 0 Å². The second-order valence-electron chi connectivity index (χ2n) is 10.6. The van der Waals surface area contributed by atoms with E-state index >= 15 is 0 Å². The topological polar surface area (TPSA) is 94.6 Å². The molecule has 3 aliphatic rings. The summed E-state index contributed by atoms with van der Waals surface area (Å²) in [6.07, 6.45) is 9.09. The van der Waals surface area contributed by atoms with E-state index in [1.165, 1.54) is 23.1 Å². The van der Waals surface area contributed by atoms with Crippen molar-refractivity contribution in [2.45, 2.75) is 63.7 Å². The largest absolute Gasteiger partial charge is 0.481 e. The van der Waals surface area contributed by atoms with Gasteiger partial charge in [0, 0.05) is 25.3 Å². The maximum absolute atomic E-state index is 13.0. The molecule has 0 saturated carbocycles. The summed E-state index contributed by atoms with van der Waals surface area (Å²) >= 11 is 0. The van der Waals surface area contributed by atoms with E-state index in [4.69, 9.17) is 4.98 Å². The van der Waals surface area contributed by atoms with Crippen LogP contribution in [0.3, 0.4) is 0 Å². The smallest absolute Gasteiger partial charge is 0.312 e. The Labute approximate surface area is 213 Å². The van der Waals surface area contributed by atoms with E-state index in [-0.39, 0.29) is 18.4 Å². The molecule has 2 atom stereocenters. The van der Waals surface area contributed by atoms with Gasteiger partial charge in [-0.2, -0.15) is 0 Å². The molecule has 3 heterocycles. The molecule has 2 aromatic rings. The molecular formula is C29H38N4O3. The molecule has 7 nitrogen and oxygen atoms in total. The van der Waals surface area contributed by atoms with E-state index < -0.39 is 11.9 Å². The van der Waals surface area contributed by atoms with Gasteiger partial charge in [-0.15, -0.1) is 0 Å². The van der Waals surface area contributed by atoms with Gasteiger partial charge in [-0.25, -0.2) is 4.98 Å². The van der Waals surface area contributed by atoms with Gasteiger partial charge >= 0.3 is 5.97 Å². The van der Waals surface area contributed by atoms with Gasteiger partial charge in [0.1, 0.15) is 5.82 Å². The Balaban J connectivity index is 1.11. The van der Waals surface area contributed by atoms with Crippen LogP contribution in [0, 0.1) is 5.92 Å². The van der Waals surface area contributed by atoms with Gasteiger partial charge in [-0.1, -0.05) is 24.3 Å². The van der Waals surface area contributed by atoms with Gasteiger partial charge in [-0.3, -0.25) is 9.59 Å². The predicted octanol–water partition coefficient (Wildman–Crippen LogP) is 3.56. The second kappa shape index (κ2) is 11.4. The summed E-state index contributed by atoms with van der Waals surface area (Å²) in [6, 6.07) is 10.3. The third kappa shape index (κ3) is 5.72. The number of aryl methyl sites for hydroxylation is 3. The first-order valence-corrected chi connectivity index (χ1v) is 13.6. The molecule has 1 aromatic carbocycles. The number of aliphatic carboxylic acids is 1. The number of likely N-dealkylation sites (tertiary alicyclic amines) is 1. The molecule has 1 aliphatic carbocycles. The molecule has 0 unspecified atom stereocenters. The third-order valence-electron chi connectivity index (χ3n) is 8.07. The van der Waals surface area contributed by atoms with E-state index in [0.29, 0.717) is 0 Å². The number of amides is 1. The lowest BCUT2D eigenvalue weighted by molar-refractivity contribution is -0.138. The third-order valence-corrected chi connectivity index (χ3v) is 8.07. The van der Waals surface area contributed by atoms with Crippen LogP contribution >= 0.6 is 0 Å². The zero-order chi connectivity index (χ0) is 24.9. The Morgan fingerprint density at radius 3 is 2.89 bits per heavy atom. The average Bonchev–Trinajstić information content (AvgIpc) is 3.38. The summed E-state index contributed by atoms with van der Waals surface area (Å²) in [5.74, 6) is -0.609. The molecule has 0 spiro atoms. The molecule has 1 saturated heterocycles. The highest BCUT2D eigenvalue weighted by Crippen LogP contribution is 2.30. The minimum absolute atomic E-state index is 0.0130. The Kier molecular flexibility index (Phi) is 7.85. The number of nitrogens with zero attached hydrogens (tertiary/aromatic N) is 2. The normalized spacial score (nSPS) is 20.2. The number of rotatable bonds is 9. The van der Waals surface area contributed by atoms with Crippen LogP contribution in [0.15, 0.2) is 30.3 Å². The quantitative estimate of drug-likeness (QED) is 0.498. The molecule has 36 heavy (non-hydrogen) atoms. The molecule has 3 N–H and O–H groups in total. The standard InChI is InChI=1S/C29H38N4O3/c34-28(31-18-26(29(35)36)25-12-2-7-20-6-1-11-24(20)25)22-9-4-16-33(19-22)17-5-10-23-14-13-21-8-3-15-30-27(21)32-23/h2,7,12-14,22,26H,1,3-6,8-11,15-19H2,(H,30,32)(H,31,34)(H,35,36)/t22-,26-/m1/s1. The van der Waals surface area contributed by atoms with E-state index in [1.54, 1.807) is 0 Å². The Bertz CT molecular complexity index is 1100. The fraction of sp³-hybridized carbons (Fsp3) is 0.552. The van der Waals surface area contributed by atoms with Crippen molar-refractivity contribution in [2.24, 2.45) is 5.92 Å². The first-order chi connectivity index (χ1) is 17.6. The highest BCUT2D eigenvalue weighted by atomic mass is 16.4. The van der Waals surface area contributed by atoms with Gasteiger partial charge in [0.2, 0.25) is 5.91 Å². The summed E-state index contributed by atoms with van der Waals surface area (Å²) in [7, 11) is 0. The van der Waals surface area contributed by atoms with Crippen molar-refractivity contribution >= 4 is 17.7 Å². The molecule has 1 amide bonds. The molecule has 192 valence electrons. The number of nitrogens with one attached hydrogen (secondary N) is 2. The van der Waals surface area contributed by atoms with Crippen molar-refractivity contribution in [3.63, 3.8) is 0 Å². The number of fused-ring (bicyclic) bond motifs is 2. The highest BCUT2D eigenvalue weighted by molar-refractivity contribution is 5.82. The Morgan fingerprint density at radius 2 is 2.00 bits per heavy atom. The fourth-order valence-electron chi connectivity index (χ4n) is 6.12. The van der Waals surface area contributed by atoms with Crippen LogP contribution in [0.4, 0.5) is 5.82 Å². The van der Waals surface area contributed by atoms with Crippen molar-refractivity contribution in [2.75, 3.05) is 38.0 Å². The molecule has 2 aliphatic heterocycles. The fourth-order valence-corrected chi connectivity index (χ4v) is 6.12. The molecule has 1 fully saturated rings. The van der Waals surface area contributed by atoms with E-state index in [1.807, 2.05) is 12.1 Å². The number of hydrogen-bond donors (Lipinski definition) is 3. The van der Waals surface area contributed by atoms with Crippen molar-refractivity contribution in [1.29, 1.82) is 0 Å². The van der Waals surface area contributed by atoms with Gasteiger partial charge in [0.05, 0.1) is 11.8 Å². The summed E-state index contributed by atoms with van der Waals surface area (Å²) in [4.78, 5) is 32.3. The van der Waals surface area contributed by atoms with Crippen LogP contribution in [-0.2, 0) is 35.3 Å². The number of carboxylic acids is 1. The lowest BCUT2D eigenvalue weighted by Gasteiger charge is -2.32. The lowest BCUT2D eigenvalue weighted by Crippen LogP contribution is -2.44. The lowest BCUT2D eigenvalue weighted by atomic mass is 9.91. The van der Waals surface area contributed by atoms with Gasteiger partial charge < -0.3 is 20.6 Å². The number of pyridine rings is 1. The number of carboxylic acid groups (broad SMARTS) is 1. The number of anilines is 1. The Hall–Kier alpha value is -2.93. The maximum atomic E-state index is 13.0. The summed E-state index contributed by atoms with van der Waals surface area (Å²) < 4.78 is 0. The minimum atomic E-state index is -0.869. The van der Waals surface area contributed by atoms with Crippen LogP contribution in [0.5, 0.6) is 0 Å². The van der Waals surface area contributed by atoms with Crippen molar-refractivity contribution in [3.8, 4) is 0 Å². The SMILES string of the molecule is O=C(NC[C@@H](C(=O)O)c1cccc2c1CCC2)[C@@H]1CCCN(CCCc2ccc3c(n2)NCCC3)C1. The predicted molar refractivity (Wildman–Crippen MR) is 140 cm³/mol. The monoisotopic (exact) mass is 490 g/mol. The maximum Gasteiger partial charge on any atom is 0.312 e. The first-order valence-electron chi connectivity index (χ1n) is 13.6. The van der Waals surface area contributed by atoms with E-state index in [9.17, 15) is 14.7 Å². The van der Waals surface area contributed by atoms with Crippen LogP contribution in [0.1, 0.15) is 66.0 Å². The van der Waals surface area contributed by atoms with Crippen molar-refractivity contribution in [3.05, 3.63) is 58.3 Å². The van der Waals surface area contributed by atoms with Gasteiger partial charge in [0.25, 0.3) is 0 Å². The molecular weight excluding hydrogens is 452 g/mol. The number of piperidine rings is 1. The number of benzene rings is 1. The van der Waals surface area contributed by atoms with Crippen molar-refractivity contribution < 1.29 is 14.7 Å². The number of aromatic nitrogens is 1. The molecule has 0 radical (unpaired) electrons. The van der Waals surface area contributed by atoms with Crippen LogP contribution < -0.4 is 10.6 Å². The van der Waals surface area contributed by atoms with E-state index in [0.717, 1.165) is 94.6 Å². The average molecular weight is 491 g/mol.